The van der Waals surface area contributed by atoms with E-state index in [4.69, 9.17) is 11.6 Å². The number of piperazine rings is 1. The molecule has 0 aliphatic carbocycles. The zero-order valence-corrected chi connectivity index (χ0v) is 16.7. The van der Waals surface area contributed by atoms with Crippen LogP contribution in [0.3, 0.4) is 0 Å². The number of hydrogen-bond donors (Lipinski definition) is 2. The van der Waals surface area contributed by atoms with Crippen molar-refractivity contribution in [1.29, 1.82) is 0 Å². The molecule has 0 spiro atoms. The fourth-order valence-electron chi connectivity index (χ4n) is 4.30. The van der Waals surface area contributed by atoms with Crippen molar-refractivity contribution < 1.29 is 15.0 Å². The van der Waals surface area contributed by atoms with Gasteiger partial charge in [0, 0.05) is 57.5 Å². The summed E-state index contributed by atoms with van der Waals surface area (Å²) in [5.41, 5.74) is 0.511. The van der Waals surface area contributed by atoms with Crippen molar-refractivity contribution in [1.82, 2.24) is 14.7 Å². The minimum atomic E-state index is -0.0391. The van der Waals surface area contributed by atoms with E-state index in [0.717, 1.165) is 52.0 Å². The molecule has 1 amide bonds. The lowest BCUT2D eigenvalue weighted by molar-refractivity contribution is 0.0218. The van der Waals surface area contributed by atoms with Gasteiger partial charge in [-0.25, -0.2) is 0 Å². The Morgan fingerprint density at radius 1 is 1.22 bits per heavy atom. The summed E-state index contributed by atoms with van der Waals surface area (Å²) < 4.78 is 0. The molecule has 6 nitrogen and oxygen atoms in total. The molecule has 0 saturated carbocycles. The van der Waals surface area contributed by atoms with Gasteiger partial charge in [0.25, 0.3) is 5.91 Å². The molecule has 150 valence electrons. The number of hydrogen-bond acceptors (Lipinski definition) is 5. The average molecular weight is 396 g/mol. The molecule has 2 aliphatic heterocycles. The summed E-state index contributed by atoms with van der Waals surface area (Å²) in [5, 5.41) is 19.1. The second kappa shape index (κ2) is 9.24. The first kappa shape index (κ1) is 20.4. The number of aliphatic hydroxyl groups is 1. The van der Waals surface area contributed by atoms with E-state index in [9.17, 15) is 15.0 Å². The van der Waals surface area contributed by atoms with Crippen molar-refractivity contribution in [2.45, 2.75) is 25.3 Å². The van der Waals surface area contributed by atoms with Crippen molar-refractivity contribution in [2.75, 3.05) is 52.9 Å². The van der Waals surface area contributed by atoms with Crippen LogP contribution >= 0.6 is 11.6 Å². The van der Waals surface area contributed by atoms with Gasteiger partial charge in [-0.2, -0.15) is 0 Å². The van der Waals surface area contributed by atoms with Gasteiger partial charge in [-0.15, -0.1) is 0 Å². The molecule has 2 heterocycles. The van der Waals surface area contributed by atoms with Gasteiger partial charge in [-0.3, -0.25) is 9.69 Å². The summed E-state index contributed by atoms with van der Waals surface area (Å²) in [7, 11) is 2.16. The summed E-state index contributed by atoms with van der Waals surface area (Å²) in [6, 6.07) is 5.10. The van der Waals surface area contributed by atoms with E-state index in [2.05, 4.69) is 16.8 Å². The van der Waals surface area contributed by atoms with Gasteiger partial charge in [-0.1, -0.05) is 11.6 Å². The largest absolute Gasteiger partial charge is 0.506 e. The first-order valence-electron chi connectivity index (χ1n) is 9.81. The number of phenols is 1. The molecular weight excluding hydrogens is 366 g/mol. The minimum Gasteiger partial charge on any atom is -0.506 e. The van der Waals surface area contributed by atoms with Gasteiger partial charge >= 0.3 is 0 Å². The molecule has 0 radical (unpaired) electrons. The number of benzene rings is 1. The van der Waals surface area contributed by atoms with E-state index in [0.29, 0.717) is 24.1 Å². The molecule has 3 rings (SSSR count). The monoisotopic (exact) mass is 395 g/mol. The molecule has 2 saturated heterocycles. The molecule has 2 N–H and O–H groups in total. The summed E-state index contributed by atoms with van der Waals surface area (Å²) >= 11 is 5.97. The number of phenolic OH excluding ortho intramolecular Hbond substituents is 1. The predicted molar refractivity (Wildman–Crippen MR) is 106 cm³/mol. The van der Waals surface area contributed by atoms with Crippen molar-refractivity contribution in [3.63, 3.8) is 0 Å². The zero-order valence-electron chi connectivity index (χ0n) is 16.0. The lowest BCUT2D eigenvalue weighted by Crippen LogP contribution is -2.56. The maximum absolute atomic E-state index is 12.9. The van der Waals surface area contributed by atoms with Crippen LogP contribution in [-0.4, -0.2) is 89.8 Å². The predicted octanol–water partition coefficient (Wildman–Crippen LogP) is 1.90. The molecule has 7 heteroatoms. The van der Waals surface area contributed by atoms with Crippen LogP contribution in [0.4, 0.5) is 0 Å². The number of halogens is 1. The maximum atomic E-state index is 12.9. The van der Waals surface area contributed by atoms with E-state index >= 15 is 0 Å². The number of rotatable bonds is 5. The van der Waals surface area contributed by atoms with Gasteiger partial charge in [-0.05, 0) is 50.4 Å². The third-order valence-corrected chi connectivity index (χ3v) is 6.22. The van der Waals surface area contributed by atoms with Crippen molar-refractivity contribution in [2.24, 2.45) is 5.92 Å². The summed E-state index contributed by atoms with van der Waals surface area (Å²) in [6.45, 7) is 5.91. The molecule has 27 heavy (non-hydrogen) atoms. The zero-order chi connectivity index (χ0) is 19.4. The average Bonchev–Trinajstić information content (AvgIpc) is 2.68. The highest BCUT2D eigenvalue weighted by Crippen LogP contribution is 2.29. The SMILES string of the molecule is CN1CCN([C@@H]2CCN(C(=O)c3ccc(O)c(Cl)c3)C[C@@H]2CCCO)CC1. The fraction of sp³-hybridized carbons (Fsp3) is 0.650. The molecule has 1 aromatic rings. The maximum Gasteiger partial charge on any atom is 0.253 e. The Bertz CT molecular complexity index is 649. The number of piperidine rings is 1. The van der Waals surface area contributed by atoms with Gasteiger partial charge in [0.05, 0.1) is 5.02 Å². The van der Waals surface area contributed by atoms with Crippen LogP contribution in [0.5, 0.6) is 5.75 Å². The van der Waals surface area contributed by atoms with Gasteiger partial charge < -0.3 is 20.0 Å². The number of carbonyl (C=O) groups excluding carboxylic acids is 1. The molecule has 0 unspecified atom stereocenters. The highest BCUT2D eigenvalue weighted by molar-refractivity contribution is 6.32. The minimum absolute atomic E-state index is 0.0113. The third-order valence-electron chi connectivity index (χ3n) is 5.92. The first-order valence-corrected chi connectivity index (χ1v) is 10.2. The third kappa shape index (κ3) is 4.93. The van der Waals surface area contributed by atoms with E-state index in [1.807, 2.05) is 4.90 Å². The van der Waals surface area contributed by atoms with E-state index in [1.54, 1.807) is 6.07 Å². The number of likely N-dealkylation sites (N-methyl/N-ethyl adjacent to an activating group) is 1. The van der Waals surface area contributed by atoms with Gasteiger partial charge in [0.2, 0.25) is 0 Å². The standard InChI is InChI=1S/C20H30ClN3O3/c1-22-8-10-23(11-9-22)18-6-7-24(14-16(18)3-2-12-25)20(27)15-4-5-19(26)17(21)13-15/h4-5,13,16,18,25-26H,2-3,6-12,14H2,1H3/t16-,18+/m0/s1. The van der Waals surface area contributed by atoms with Crippen LogP contribution in [0.25, 0.3) is 0 Å². The number of aliphatic hydroxyl groups excluding tert-OH is 1. The molecule has 2 fully saturated rings. The van der Waals surface area contributed by atoms with Crippen molar-refractivity contribution in [3.8, 4) is 5.75 Å². The Morgan fingerprint density at radius 2 is 1.96 bits per heavy atom. The molecular formula is C20H30ClN3O3. The Morgan fingerprint density at radius 3 is 2.63 bits per heavy atom. The topological polar surface area (TPSA) is 67.2 Å². The van der Waals surface area contributed by atoms with Crippen LogP contribution in [0.2, 0.25) is 5.02 Å². The van der Waals surface area contributed by atoms with E-state index in [1.165, 1.54) is 12.1 Å². The molecule has 0 aromatic heterocycles. The molecule has 2 atom stereocenters. The Balaban J connectivity index is 1.69. The smallest absolute Gasteiger partial charge is 0.253 e. The van der Waals surface area contributed by atoms with Crippen LogP contribution in [0.1, 0.15) is 29.6 Å². The van der Waals surface area contributed by atoms with Gasteiger partial charge in [0.15, 0.2) is 0 Å². The number of likely N-dealkylation sites (tertiary alicyclic amines) is 1. The molecule has 1 aromatic carbocycles. The summed E-state index contributed by atoms with van der Waals surface area (Å²) in [5.74, 6) is 0.316. The summed E-state index contributed by atoms with van der Waals surface area (Å²) in [4.78, 5) is 19.7. The van der Waals surface area contributed by atoms with Crippen LogP contribution in [0.15, 0.2) is 18.2 Å². The van der Waals surface area contributed by atoms with Crippen molar-refractivity contribution >= 4 is 17.5 Å². The highest BCUT2D eigenvalue weighted by atomic mass is 35.5. The molecule has 2 aliphatic rings. The van der Waals surface area contributed by atoms with Gasteiger partial charge in [0.1, 0.15) is 5.75 Å². The lowest BCUT2D eigenvalue weighted by Gasteiger charge is -2.46. The van der Waals surface area contributed by atoms with Crippen LogP contribution < -0.4 is 0 Å². The quantitative estimate of drug-likeness (QED) is 0.797. The Kier molecular flexibility index (Phi) is 6.98. The number of nitrogens with zero attached hydrogens (tertiary/aromatic N) is 3. The number of amides is 1. The number of aromatic hydroxyl groups is 1. The highest BCUT2D eigenvalue weighted by Gasteiger charge is 2.35. The molecule has 0 bridgehead atoms. The van der Waals surface area contributed by atoms with E-state index in [-0.39, 0.29) is 23.3 Å². The first-order chi connectivity index (χ1) is 13.0. The van der Waals surface area contributed by atoms with Crippen LogP contribution in [0, 0.1) is 5.92 Å². The normalized spacial score (nSPS) is 24.9. The van der Waals surface area contributed by atoms with E-state index < -0.39 is 0 Å². The number of carbonyl (C=O) groups is 1. The lowest BCUT2D eigenvalue weighted by atomic mass is 9.86. The summed E-state index contributed by atoms with van der Waals surface area (Å²) in [6.07, 6.45) is 2.65. The Hall–Kier alpha value is -1.34. The van der Waals surface area contributed by atoms with Crippen LogP contribution in [-0.2, 0) is 0 Å². The van der Waals surface area contributed by atoms with Crippen molar-refractivity contribution in [3.05, 3.63) is 28.8 Å². The second-order valence-corrected chi connectivity index (χ2v) is 8.15. The Labute approximate surface area is 166 Å². The fourth-order valence-corrected chi connectivity index (χ4v) is 4.48. The second-order valence-electron chi connectivity index (χ2n) is 7.74.